The van der Waals surface area contributed by atoms with Gasteiger partial charge in [0, 0.05) is 23.8 Å². The summed E-state index contributed by atoms with van der Waals surface area (Å²) in [7, 11) is 0. The van der Waals surface area contributed by atoms with E-state index in [0.29, 0.717) is 18.0 Å². The molecule has 1 saturated heterocycles. The van der Waals surface area contributed by atoms with Crippen molar-refractivity contribution in [2.24, 2.45) is 5.73 Å². The van der Waals surface area contributed by atoms with Gasteiger partial charge >= 0.3 is 5.97 Å². The number of hydrogen-bond acceptors (Lipinski definition) is 5. The highest BCUT2D eigenvalue weighted by Crippen LogP contribution is 2.31. The van der Waals surface area contributed by atoms with Gasteiger partial charge < -0.3 is 26.1 Å². The molecule has 130 valence electrons. The standard InChI is InChI=1S/C16H23N5O3/c17-11(16(23)24)4-2-1-3-9-5-6-12(21-9)10-7-18-14-13(10)19-8-20-15(14)22/h7-9,11-12,18,21H,1-6,17H2,(H,23,24)(H,19,20,22)/t9-,11+,12-/m1/s1. The topological polar surface area (TPSA) is 137 Å². The summed E-state index contributed by atoms with van der Waals surface area (Å²) in [6.45, 7) is 0. The van der Waals surface area contributed by atoms with E-state index in [2.05, 4.69) is 20.3 Å². The first-order valence-electron chi connectivity index (χ1n) is 8.35. The molecule has 24 heavy (non-hydrogen) atoms. The number of hydrogen-bond donors (Lipinski definition) is 5. The molecule has 1 fully saturated rings. The van der Waals surface area contributed by atoms with Crippen LogP contribution in [0.15, 0.2) is 17.3 Å². The van der Waals surface area contributed by atoms with Gasteiger partial charge in [-0.25, -0.2) is 4.98 Å². The van der Waals surface area contributed by atoms with Gasteiger partial charge in [-0.1, -0.05) is 12.8 Å². The number of unbranched alkanes of at least 4 members (excludes halogenated alkanes) is 1. The summed E-state index contributed by atoms with van der Waals surface area (Å²) in [4.78, 5) is 32.3. The SMILES string of the molecule is N[C@@H](CCCC[C@@H]1CC[C@H](c2c[nH]c3c(=O)[nH]cnc23)N1)C(=O)O. The van der Waals surface area contributed by atoms with Crippen LogP contribution in [0.4, 0.5) is 0 Å². The van der Waals surface area contributed by atoms with Crippen molar-refractivity contribution in [3.05, 3.63) is 28.4 Å². The van der Waals surface area contributed by atoms with Crippen LogP contribution in [0.25, 0.3) is 11.0 Å². The van der Waals surface area contributed by atoms with Crippen LogP contribution in [-0.4, -0.2) is 38.1 Å². The van der Waals surface area contributed by atoms with Gasteiger partial charge in [0.2, 0.25) is 0 Å². The van der Waals surface area contributed by atoms with E-state index in [1.807, 2.05) is 6.20 Å². The Morgan fingerprint density at radius 3 is 3.00 bits per heavy atom. The average Bonchev–Trinajstić information content (AvgIpc) is 3.18. The first kappa shape index (κ1) is 16.7. The number of aromatic nitrogens is 3. The fraction of sp³-hybridized carbons (Fsp3) is 0.562. The average molecular weight is 333 g/mol. The van der Waals surface area contributed by atoms with Crippen LogP contribution in [0.5, 0.6) is 0 Å². The minimum absolute atomic E-state index is 0.157. The number of rotatable bonds is 7. The molecule has 1 aliphatic rings. The Labute approximate surface area is 138 Å². The zero-order valence-corrected chi connectivity index (χ0v) is 13.4. The molecule has 0 bridgehead atoms. The monoisotopic (exact) mass is 333 g/mol. The lowest BCUT2D eigenvalue weighted by Crippen LogP contribution is -2.30. The highest BCUT2D eigenvalue weighted by molar-refractivity contribution is 5.78. The van der Waals surface area contributed by atoms with Crippen molar-refractivity contribution in [2.45, 2.75) is 56.7 Å². The maximum absolute atomic E-state index is 11.7. The third kappa shape index (κ3) is 3.49. The Morgan fingerprint density at radius 2 is 2.21 bits per heavy atom. The fourth-order valence-electron chi connectivity index (χ4n) is 3.41. The number of H-pyrrole nitrogens is 2. The lowest BCUT2D eigenvalue weighted by atomic mass is 10.0. The van der Waals surface area contributed by atoms with E-state index in [1.54, 1.807) is 0 Å². The summed E-state index contributed by atoms with van der Waals surface area (Å²) in [5, 5.41) is 12.4. The van der Waals surface area contributed by atoms with Gasteiger partial charge in [-0.15, -0.1) is 0 Å². The Balaban J connectivity index is 1.53. The van der Waals surface area contributed by atoms with E-state index in [0.717, 1.165) is 43.2 Å². The highest BCUT2D eigenvalue weighted by atomic mass is 16.4. The zero-order valence-electron chi connectivity index (χ0n) is 13.4. The molecule has 3 rings (SSSR count). The molecule has 2 aromatic heterocycles. The van der Waals surface area contributed by atoms with Crippen LogP contribution in [0.3, 0.4) is 0 Å². The van der Waals surface area contributed by atoms with Crippen LogP contribution in [0.1, 0.15) is 50.1 Å². The minimum Gasteiger partial charge on any atom is -0.480 e. The molecule has 0 aliphatic carbocycles. The first-order chi connectivity index (χ1) is 11.6. The van der Waals surface area contributed by atoms with Crippen molar-refractivity contribution >= 4 is 17.0 Å². The summed E-state index contributed by atoms with van der Waals surface area (Å²) in [6, 6.07) is -0.160. The number of aliphatic carboxylic acids is 1. The third-order valence-corrected chi connectivity index (χ3v) is 4.75. The van der Waals surface area contributed by atoms with E-state index >= 15 is 0 Å². The molecule has 3 atom stereocenters. The maximum Gasteiger partial charge on any atom is 0.320 e. The van der Waals surface area contributed by atoms with E-state index in [-0.39, 0.29) is 11.6 Å². The molecule has 0 saturated carbocycles. The predicted molar refractivity (Wildman–Crippen MR) is 89.7 cm³/mol. The van der Waals surface area contributed by atoms with Crippen molar-refractivity contribution in [3.8, 4) is 0 Å². The molecule has 0 amide bonds. The van der Waals surface area contributed by atoms with Gasteiger partial charge in [-0.2, -0.15) is 0 Å². The third-order valence-electron chi connectivity index (χ3n) is 4.75. The van der Waals surface area contributed by atoms with E-state index < -0.39 is 12.0 Å². The molecular formula is C16H23N5O3. The quantitative estimate of drug-likeness (QED) is 0.480. The van der Waals surface area contributed by atoms with Crippen LogP contribution in [-0.2, 0) is 4.79 Å². The van der Waals surface area contributed by atoms with Crippen LogP contribution < -0.4 is 16.6 Å². The molecule has 2 aromatic rings. The Kier molecular flexibility index (Phi) is 4.96. The normalized spacial score (nSPS) is 22.0. The number of carbonyl (C=O) groups is 1. The van der Waals surface area contributed by atoms with Crippen molar-refractivity contribution in [1.29, 1.82) is 0 Å². The van der Waals surface area contributed by atoms with Crippen LogP contribution in [0.2, 0.25) is 0 Å². The number of carboxylic acids is 1. The lowest BCUT2D eigenvalue weighted by Gasteiger charge is -2.14. The summed E-state index contributed by atoms with van der Waals surface area (Å²) < 4.78 is 0. The second-order valence-electron chi connectivity index (χ2n) is 6.42. The summed E-state index contributed by atoms with van der Waals surface area (Å²) >= 11 is 0. The van der Waals surface area contributed by atoms with Crippen LogP contribution in [0, 0.1) is 0 Å². The second-order valence-corrected chi connectivity index (χ2v) is 6.42. The Morgan fingerprint density at radius 1 is 1.38 bits per heavy atom. The van der Waals surface area contributed by atoms with Crippen molar-refractivity contribution in [3.63, 3.8) is 0 Å². The molecule has 0 aromatic carbocycles. The van der Waals surface area contributed by atoms with Gasteiger partial charge in [0.25, 0.3) is 5.56 Å². The minimum atomic E-state index is -0.934. The van der Waals surface area contributed by atoms with Gasteiger partial charge in [-0.3, -0.25) is 9.59 Å². The lowest BCUT2D eigenvalue weighted by molar-refractivity contribution is -0.138. The largest absolute Gasteiger partial charge is 0.480 e. The Hall–Kier alpha value is -2.19. The molecule has 6 N–H and O–H groups in total. The number of nitrogens with two attached hydrogens (primary N) is 1. The van der Waals surface area contributed by atoms with Crippen molar-refractivity contribution < 1.29 is 9.90 Å². The van der Waals surface area contributed by atoms with Gasteiger partial charge in [0.15, 0.2) is 0 Å². The van der Waals surface area contributed by atoms with E-state index in [4.69, 9.17) is 10.8 Å². The molecule has 0 radical (unpaired) electrons. The van der Waals surface area contributed by atoms with Gasteiger partial charge in [-0.05, 0) is 25.7 Å². The molecular weight excluding hydrogens is 310 g/mol. The van der Waals surface area contributed by atoms with Gasteiger partial charge in [0.05, 0.1) is 6.33 Å². The molecule has 8 heteroatoms. The van der Waals surface area contributed by atoms with Crippen LogP contribution >= 0.6 is 0 Å². The highest BCUT2D eigenvalue weighted by Gasteiger charge is 2.27. The van der Waals surface area contributed by atoms with Gasteiger partial charge in [0.1, 0.15) is 17.1 Å². The number of nitrogens with one attached hydrogen (secondary N) is 3. The summed E-state index contributed by atoms with van der Waals surface area (Å²) in [5.74, 6) is -0.934. The molecule has 1 aliphatic heterocycles. The molecule has 0 spiro atoms. The van der Waals surface area contributed by atoms with Crippen molar-refractivity contribution in [1.82, 2.24) is 20.3 Å². The van der Waals surface area contributed by atoms with E-state index in [9.17, 15) is 9.59 Å². The van der Waals surface area contributed by atoms with E-state index in [1.165, 1.54) is 6.33 Å². The summed E-state index contributed by atoms with van der Waals surface area (Å²) in [5.41, 5.74) is 7.63. The summed E-state index contributed by atoms with van der Waals surface area (Å²) in [6.07, 6.45) is 8.64. The molecule has 0 unspecified atom stereocenters. The molecule has 3 heterocycles. The molecule has 8 nitrogen and oxygen atoms in total. The maximum atomic E-state index is 11.7. The van der Waals surface area contributed by atoms with Crippen molar-refractivity contribution in [2.75, 3.05) is 0 Å². The first-order valence-corrected chi connectivity index (χ1v) is 8.35. The predicted octanol–water partition coefficient (Wildman–Crippen LogP) is 1.02. The fourth-order valence-corrected chi connectivity index (χ4v) is 3.41. The number of fused-ring (bicyclic) bond motifs is 1. The second kappa shape index (κ2) is 7.14. The number of aromatic amines is 2. The zero-order chi connectivity index (χ0) is 17.1. The number of nitrogens with zero attached hydrogens (tertiary/aromatic N) is 1. The Bertz CT molecular complexity index is 768. The smallest absolute Gasteiger partial charge is 0.320 e. The number of carboxylic acid groups (broad SMARTS) is 1.